The van der Waals surface area contributed by atoms with Gasteiger partial charge in [0, 0.05) is 18.3 Å². The van der Waals surface area contributed by atoms with Crippen molar-refractivity contribution in [2.24, 2.45) is 12.0 Å². The van der Waals surface area contributed by atoms with Crippen LogP contribution in [0.4, 0.5) is 5.69 Å². The number of fused-ring (bicyclic) bond motifs is 1. The number of esters is 1. The smallest absolute Gasteiger partial charge is 0.337 e. The summed E-state index contributed by atoms with van der Waals surface area (Å²) < 4.78 is 40.0. The van der Waals surface area contributed by atoms with Crippen LogP contribution in [0.1, 0.15) is 20.7 Å². The quantitative estimate of drug-likeness (QED) is 0.396. The summed E-state index contributed by atoms with van der Waals surface area (Å²) in [6.45, 7) is 0. The molecule has 0 unspecified atom stereocenters. The van der Waals surface area contributed by atoms with E-state index in [1.54, 1.807) is 41.9 Å². The van der Waals surface area contributed by atoms with Gasteiger partial charge in [0.1, 0.15) is 5.75 Å². The van der Waals surface area contributed by atoms with E-state index in [0.717, 1.165) is 10.2 Å². The van der Waals surface area contributed by atoms with Crippen LogP contribution in [-0.4, -0.2) is 39.1 Å². The van der Waals surface area contributed by atoms with E-state index in [1.165, 1.54) is 62.0 Å². The monoisotopic (exact) mass is 511 g/mol. The van der Waals surface area contributed by atoms with Gasteiger partial charge in [-0.2, -0.15) is 4.99 Å². The number of anilines is 1. The lowest BCUT2D eigenvalue weighted by Crippen LogP contribution is -2.14. The number of benzene rings is 3. The molecule has 0 saturated carbocycles. The Kier molecular flexibility index (Phi) is 6.72. The predicted octanol–water partition coefficient (Wildman–Crippen LogP) is 3.58. The lowest BCUT2D eigenvalue weighted by atomic mass is 10.2. The highest BCUT2D eigenvalue weighted by Gasteiger charge is 2.15. The van der Waals surface area contributed by atoms with Gasteiger partial charge in [0.05, 0.1) is 34.9 Å². The van der Waals surface area contributed by atoms with Crippen molar-refractivity contribution >= 4 is 49.1 Å². The van der Waals surface area contributed by atoms with E-state index in [4.69, 9.17) is 9.47 Å². The number of carbonyl (C=O) groups is 2. The van der Waals surface area contributed by atoms with Crippen LogP contribution in [0.15, 0.2) is 76.6 Å². The molecule has 180 valence electrons. The van der Waals surface area contributed by atoms with Crippen LogP contribution in [0.5, 0.6) is 5.75 Å². The number of methoxy groups -OCH3 is 2. The Balaban J connectivity index is 1.55. The summed E-state index contributed by atoms with van der Waals surface area (Å²) in [5, 5.41) is 0. The van der Waals surface area contributed by atoms with Crippen LogP contribution in [-0.2, 0) is 21.8 Å². The van der Waals surface area contributed by atoms with Gasteiger partial charge in [0.15, 0.2) is 4.80 Å². The minimum atomic E-state index is -3.80. The molecule has 1 N–H and O–H groups in total. The highest BCUT2D eigenvalue weighted by Crippen LogP contribution is 2.21. The maximum Gasteiger partial charge on any atom is 0.337 e. The first-order valence-electron chi connectivity index (χ1n) is 10.3. The third-order valence-electron chi connectivity index (χ3n) is 5.18. The van der Waals surface area contributed by atoms with Crippen molar-refractivity contribution in [2.75, 3.05) is 18.9 Å². The molecule has 0 aliphatic heterocycles. The molecule has 4 rings (SSSR count). The van der Waals surface area contributed by atoms with Gasteiger partial charge in [-0.3, -0.25) is 9.52 Å². The van der Waals surface area contributed by atoms with Crippen LogP contribution in [0.2, 0.25) is 0 Å². The number of thiazole rings is 1. The molecule has 9 nitrogen and oxygen atoms in total. The number of hydrogen-bond acceptors (Lipinski definition) is 7. The first-order valence-corrected chi connectivity index (χ1v) is 12.6. The minimum absolute atomic E-state index is 0.0843. The zero-order valence-corrected chi connectivity index (χ0v) is 20.6. The number of aryl methyl sites for hydroxylation is 1. The van der Waals surface area contributed by atoms with Crippen molar-refractivity contribution in [2.45, 2.75) is 4.90 Å². The second-order valence-corrected chi connectivity index (χ2v) is 10.1. The number of rotatable bonds is 6. The van der Waals surface area contributed by atoms with Crippen molar-refractivity contribution in [1.82, 2.24) is 4.57 Å². The molecule has 0 aliphatic carbocycles. The Labute approximate surface area is 205 Å². The zero-order valence-electron chi connectivity index (χ0n) is 19.0. The summed E-state index contributed by atoms with van der Waals surface area (Å²) in [7, 11) is 0.791. The summed E-state index contributed by atoms with van der Waals surface area (Å²) in [6.07, 6.45) is 0. The molecule has 0 radical (unpaired) electrons. The lowest BCUT2D eigenvalue weighted by Gasteiger charge is -2.09. The molecule has 0 aliphatic rings. The molecule has 0 atom stereocenters. The fourth-order valence-electron chi connectivity index (χ4n) is 3.29. The van der Waals surface area contributed by atoms with Crippen molar-refractivity contribution in [3.63, 3.8) is 0 Å². The lowest BCUT2D eigenvalue weighted by molar-refractivity contribution is 0.0600. The van der Waals surface area contributed by atoms with Crippen LogP contribution in [0, 0.1) is 0 Å². The zero-order chi connectivity index (χ0) is 25.2. The first kappa shape index (κ1) is 24.2. The highest BCUT2D eigenvalue weighted by atomic mass is 32.2. The van der Waals surface area contributed by atoms with Crippen molar-refractivity contribution < 1.29 is 27.5 Å². The van der Waals surface area contributed by atoms with E-state index in [1.807, 2.05) is 0 Å². The largest absolute Gasteiger partial charge is 0.497 e. The van der Waals surface area contributed by atoms with E-state index < -0.39 is 21.9 Å². The maximum absolute atomic E-state index is 12.7. The summed E-state index contributed by atoms with van der Waals surface area (Å²) in [6, 6.07) is 17.1. The Morgan fingerprint density at radius 3 is 2.23 bits per heavy atom. The van der Waals surface area contributed by atoms with E-state index in [-0.39, 0.29) is 4.90 Å². The normalized spacial score (nSPS) is 11.9. The third kappa shape index (κ3) is 5.10. The topological polar surface area (TPSA) is 116 Å². The fraction of sp³-hybridized carbons (Fsp3) is 0.125. The summed E-state index contributed by atoms with van der Waals surface area (Å²) in [4.78, 5) is 29.3. The van der Waals surface area contributed by atoms with Gasteiger partial charge >= 0.3 is 5.97 Å². The second kappa shape index (κ2) is 9.72. The number of sulfonamides is 1. The van der Waals surface area contributed by atoms with Crippen molar-refractivity contribution in [3.8, 4) is 5.75 Å². The molecule has 1 heterocycles. The SMILES string of the molecule is COC(=O)c1ccc2c(c1)sc(=NC(=O)c1ccc(NS(=O)(=O)c3ccc(OC)cc3)cc1)n2C. The Morgan fingerprint density at radius 2 is 1.60 bits per heavy atom. The van der Waals surface area contributed by atoms with Crippen LogP contribution in [0.3, 0.4) is 0 Å². The van der Waals surface area contributed by atoms with Crippen LogP contribution in [0.25, 0.3) is 10.2 Å². The number of hydrogen-bond donors (Lipinski definition) is 1. The first-order chi connectivity index (χ1) is 16.7. The molecule has 35 heavy (non-hydrogen) atoms. The van der Waals surface area contributed by atoms with E-state index >= 15 is 0 Å². The van der Waals surface area contributed by atoms with Crippen molar-refractivity contribution in [3.05, 3.63) is 82.7 Å². The number of nitrogens with one attached hydrogen (secondary N) is 1. The molecule has 11 heteroatoms. The summed E-state index contributed by atoms with van der Waals surface area (Å²) in [5.41, 5.74) is 1.83. The van der Waals surface area contributed by atoms with E-state index in [2.05, 4.69) is 9.71 Å². The van der Waals surface area contributed by atoms with Gasteiger partial charge in [-0.15, -0.1) is 0 Å². The van der Waals surface area contributed by atoms with E-state index in [9.17, 15) is 18.0 Å². The minimum Gasteiger partial charge on any atom is -0.497 e. The maximum atomic E-state index is 12.7. The molecule has 3 aromatic carbocycles. The Morgan fingerprint density at radius 1 is 0.943 bits per heavy atom. The number of aromatic nitrogens is 1. The second-order valence-electron chi connectivity index (χ2n) is 7.39. The highest BCUT2D eigenvalue weighted by molar-refractivity contribution is 7.92. The van der Waals surface area contributed by atoms with Crippen molar-refractivity contribution in [1.29, 1.82) is 0 Å². The van der Waals surface area contributed by atoms with E-state index in [0.29, 0.717) is 27.4 Å². The standard InChI is InChI=1S/C24H21N3O6S2/c1-27-20-13-6-16(23(29)33-3)14-21(20)34-24(27)25-22(28)15-4-7-17(8-5-15)26-35(30,31)19-11-9-18(32-2)10-12-19/h4-14,26H,1-3H3. The van der Waals surface area contributed by atoms with Gasteiger partial charge in [-0.25, -0.2) is 13.2 Å². The third-order valence-corrected chi connectivity index (χ3v) is 7.67. The molecule has 4 aromatic rings. The summed E-state index contributed by atoms with van der Waals surface area (Å²) in [5.74, 6) is -0.378. The molecule has 0 spiro atoms. The Bertz CT molecular complexity index is 1590. The fourth-order valence-corrected chi connectivity index (χ4v) is 5.40. The number of ether oxygens (including phenoxy) is 2. The molecule has 0 saturated heterocycles. The molecular weight excluding hydrogens is 490 g/mol. The van der Waals surface area contributed by atoms with Gasteiger partial charge in [-0.05, 0) is 66.7 Å². The Hall–Kier alpha value is -3.96. The molecular formula is C24H21N3O6S2. The summed E-state index contributed by atoms with van der Waals surface area (Å²) >= 11 is 1.27. The number of nitrogens with zero attached hydrogens (tertiary/aromatic N) is 2. The molecule has 1 aromatic heterocycles. The number of carbonyl (C=O) groups excluding carboxylic acids is 2. The van der Waals surface area contributed by atoms with Gasteiger partial charge in [-0.1, -0.05) is 11.3 Å². The average Bonchev–Trinajstić information content (AvgIpc) is 3.17. The molecule has 0 bridgehead atoms. The predicted molar refractivity (Wildman–Crippen MR) is 132 cm³/mol. The van der Waals surface area contributed by atoms with Crippen LogP contribution >= 0.6 is 11.3 Å². The van der Waals surface area contributed by atoms with Gasteiger partial charge in [0.2, 0.25) is 0 Å². The number of amides is 1. The average molecular weight is 512 g/mol. The molecule has 0 fully saturated rings. The van der Waals surface area contributed by atoms with Gasteiger partial charge < -0.3 is 14.0 Å². The molecule has 1 amide bonds. The van der Waals surface area contributed by atoms with Crippen LogP contribution < -0.4 is 14.3 Å². The van der Waals surface area contributed by atoms with Gasteiger partial charge in [0.25, 0.3) is 15.9 Å².